The Balaban J connectivity index is 1.80. The molecule has 1 atom stereocenters. The number of piperidine rings is 1. The Kier molecular flexibility index (Phi) is 5.77. The molecule has 10 heteroatoms. The van der Waals surface area contributed by atoms with Crippen LogP contribution in [0, 0.1) is 18.6 Å². The van der Waals surface area contributed by atoms with Crippen molar-refractivity contribution in [3.8, 4) is 28.4 Å². The summed E-state index contributed by atoms with van der Waals surface area (Å²) in [6, 6.07) is 5.37. The zero-order valence-corrected chi connectivity index (χ0v) is 21.3. The number of hydrogen-bond acceptors (Lipinski definition) is 7. The molecule has 0 saturated carbocycles. The fourth-order valence-corrected chi connectivity index (χ4v) is 5.55. The van der Waals surface area contributed by atoms with Crippen molar-refractivity contribution >= 4 is 16.9 Å². The summed E-state index contributed by atoms with van der Waals surface area (Å²) in [5.74, 6) is -2.15. The van der Waals surface area contributed by atoms with Gasteiger partial charge in [0.25, 0.3) is 0 Å². The summed E-state index contributed by atoms with van der Waals surface area (Å²) in [7, 11) is 0. The third-order valence-electron chi connectivity index (χ3n) is 7.38. The molecule has 0 spiro atoms. The number of rotatable bonds is 3. The van der Waals surface area contributed by atoms with Gasteiger partial charge in [-0.25, -0.2) is 23.1 Å². The van der Waals surface area contributed by atoms with Crippen LogP contribution in [0.4, 0.5) is 14.6 Å². The standard InChI is InChI=1S/C28H27F2N5O3/c1-14(2)22-24(15(3)10-11-31-22)35-27-20-25(21(30)23(32-27)19-17(29)8-6-9-18(19)36)38-13-16-7-4-5-12-34(16)26(20)33-28(35)37/h6,8-11,14,16,36H,4-5,7,12-13H2,1-3H3/t16-/m1/s1. The highest BCUT2D eigenvalue weighted by Gasteiger charge is 2.35. The average Bonchev–Trinajstić information content (AvgIpc) is 3.05. The maximum atomic E-state index is 16.2. The van der Waals surface area contributed by atoms with Gasteiger partial charge in [0.15, 0.2) is 17.2 Å². The van der Waals surface area contributed by atoms with Crippen molar-refractivity contribution in [3.05, 3.63) is 63.8 Å². The Morgan fingerprint density at radius 3 is 2.74 bits per heavy atom. The molecular weight excluding hydrogens is 492 g/mol. The molecule has 0 radical (unpaired) electrons. The maximum Gasteiger partial charge on any atom is 0.355 e. The number of aryl methyl sites for hydroxylation is 1. The molecule has 6 rings (SSSR count). The van der Waals surface area contributed by atoms with E-state index in [1.54, 1.807) is 12.3 Å². The smallest absolute Gasteiger partial charge is 0.355 e. The van der Waals surface area contributed by atoms with Gasteiger partial charge in [0.1, 0.15) is 35.1 Å². The van der Waals surface area contributed by atoms with Gasteiger partial charge in [-0.3, -0.25) is 4.98 Å². The highest BCUT2D eigenvalue weighted by Crippen LogP contribution is 2.44. The summed E-state index contributed by atoms with van der Waals surface area (Å²) in [6.07, 6.45) is 4.34. The summed E-state index contributed by atoms with van der Waals surface area (Å²) in [5.41, 5.74) is 0.483. The number of phenols is 1. The number of benzene rings is 1. The quantitative estimate of drug-likeness (QED) is 0.407. The molecule has 1 N–H and O–H groups in total. The number of aromatic hydroxyl groups is 1. The lowest BCUT2D eigenvalue weighted by molar-refractivity contribution is 0.258. The minimum Gasteiger partial charge on any atom is -0.507 e. The summed E-state index contributed by atoms with van der Waals surface area (Å²) in [5, 5.41) is 10.8. The number of phenolic OH excluding ortho intramolecular Hbond substituents is 1. The second-order valence-corrected chi connectivity index (χ2v) is 10.2. The van der Waals surface area contributed by atoms with Crippen LogP contribution in [0.15, 0.2) is 35.3 Å². The SMILES string of the molecule is Cc1ccnc(C(C)C)c1-n1c(=O)nc2c3c(c(F)c(-c4c(O)cccc4F)nc31)OC[C@H]1CCCCN21. The van der Waals surface area contributed by atoms with Crippen LogP contribution in [0.3, 0.4) is 0 Å². The summed E-state index contributed by atoms with van der Waals surface area (Å²) >= 11 is 0. The van der Waals surface area contributed by atoms with E-state index >= 15 is 4.39 Å². The molecule has 1 aromatic carbocycles. The van der Waals surface area contributed by atoms with Crippen LogP contribution in [0.2, 0.25) is 0 Å². The molecular formula is C28H27F2N5O3. The molecule has 196 valence electrons. The number of fused-ring (bicyclic) bond motifs is 2. The van der Waals surface area contributed by atoms with E-state index in [4.69, 9.17) is 4.74 Å². The Morgan fingerprint density at radius 1 is 1.16 bits per heavy atom. The number of nitrogens with zero attached hydrogens (tertiary/aromatic N) is 5. The molecule has 2 aliphatic rings. The first kappa shape index (κ1) is 24.3. The van der Waals surface area contributed by atoms with Crippen LogP contribution in [0.1, 0.15) is 50.3 Å². The van der Waals surface area contributed by atoms with E-state index in [0.717, 1.165) is 30.9 Å². The van der Waals surface area contributed by atoms with Crippen molar-refractivity contribution in [2.45, 2.75) is 52.0 Å². The van der Waals surface area contributed by atoms with E-state index in [-0.39, 0.29) is 35.3 Å². The van der Waals surface area contributed by atoms with Crippen LogP contribution in [-0.4, -0.2) is 43.8 Å². The molecule has 0 bridgehead atoms. The molecule has 1 fully saturated rings. The zero-order valence-electron chi connectivity index (χ0n) is 21.3. The van der Waals surface area contributed by atoms with Crippen LogP contribution in [0.25, 0.3) is 28.0 Å². The maximum absolute atomic E-state index is 16.2. The number of anilines is 1. The first-order valence-corrected chi connectivity index (χ1v) is 12.8. The second kappa shape index (κ2) is 9.04. The largest absolute Gasteiger partial charge is 0.507 e. The van der Waals surface area contributed by atoms with E-state index in [9.17, 15) is 14.3 Å². The Labute approximate surface area is 217 Å². The van der Waals surface area contributed by atoms with E-state index in [0.29, 0.717) is 23.7 Å². The topological polar surface area (TPSA) is 93.4 Å². The van der Waals surface area contributed by atoms with Crippen molar-refractivity contribution in [1.29, 1.82) is 0 Å². The van der Waals surface area contributed by atoms with Crippen molar-refractivity contribution < 1.29 is 18.6 Å². The molecule has 38 heavy (non-hydrogen) atoms. The molecule has 5 heterocycles. The van der Waals surface area contributed by atoms with E-state index in [2.05, 4.69) is 15.0 Å². The lowest BCUT2D eigenvalue weighted by atomic mass is 10.0. The normalized spacial score (nSPS) is 16.9. The molecule has 0 aliphatic carbocycles. The van der Waals surface area contributed by atoms with Crippen LogP contribution in [0.5, 0.6) is 11.5 Å². The monoisotopic (exact) mass is 519 g/mol. The van der Waals surface area contributed by atoms with Crippen molar-refractivity contribution in [2.75, 3.05) is 18.1 Å². The van der Waals surface area contributed by atoms with E-state index < -0.39 is 34.3 Å². The van der Waals surface area contributed by atoms with Gasteiger partial charge in [-0.15, -0.1) is 0 Å². The van der Waals surface area contributed by atoms with Gasteiger partial charge in [0, 0.05) is 12.7 Å². The molecule has 1 saturated heterocycles. The predicted molar refractivity (Wildman–Crippen MR) is 139 cm³/mol. The fraction of sp³-hybridized carbons (Fsp3) is 0.357. The van der Waals surface area contributed by atoms with Gasteiger partial charge < -0.3 is 14.7 Å². The van der Waals surface area contributed by atoms with E-state index in [1.807, 2.05) is 25.7 Å². The molecule has 0 unspecified atom stereocenters. The molecule has 8 nitrogen and oxygen atoms in total. The lowest BCUT2D eigenvalue weighted by Crippen LogP contribution is -2.43. The number of ether oxygens (including phenoxy) is 1. The minimum atomic E-state index is -0.919. The molecule has 4 aromatic rings. The zero-order chi connectivity index (χ0) is 26.7. The Hall–Kier alpha value is -4.08. The highest BCUT2D eigenvalue weighted by atomic mass is 19.1. The van der Waals surface area contributed by atoms with E-state index in [1.165, 1.54) is 16.7 Å². The molecule has 0 amide bonds. The number of pyridine rings is 2. The first-order chi connectivity index (χ1) is 18.3. The third-order valence-corrected chi connectivity index (χ3v) is 7.38. The summed E-state index contributed by atoms with van der Waals surface area (Å²) < 4.78 is 38.6. The predicted octanol–water partition coefficient (Wildman–Crippen LogP) is 5.01. The van der Waals surface area contributed by atoms with Crippen molar-refractivity contribution in [3.63, 3.8) is 0 Å². The second-order valence-electron chi connectivity index (χ2n) is 10.2. The minimum absolute atomic E-state index is 0.0556. The van der Waals surface area contributed by atoms with Gasteiger partial charge >= 0.3 is 5.69 Å². The number of hydrogen-bond donors (Lipinski definition) is 1. The van der Waals surface area contributed by atoms with Gasteiger partial charge in [0.2, 0.25) is 0 Å². The lowest BCUT2D eigenvalue weighted by Gasteiger charge is -2.34. The highest BCUT2D eigenvalue weighted by molar-refractivity contribution is 5.97. The molecule has 2 aliphatic heterocycles. The third kappa shape index (κ3) is 3.61. The first-order valence-electron chi connectivity index (χ1n) is 12.8. The molecule has 3 aromatic heterocycles. The van der Waals surface area contributed by atoms with Crippen LogP contribution < -0.4 is 15.3 Å². The average molecular weight is 520 g/mol. The van der Waals surface area contributed by atoms with Gasteiger partial charge in [0.05, 0.1) is 23.0 Å². The number of halogens is 2. The van der Waals surface area contributed by atoms with Gasteiger partial charge in [-0.2, -0.15) is 4.98 Å². The van der Waals surface area contributed by atoms with Gasteiger partial charge in [-0.05, 0) is 55.9 Å². The van der Waals surface area contributed by atoms with Crippen LogP contribution >= 0.6 is 0 Å². The Morgan fingerprint density at radius 2 is 1.97 bits per heavy atom. The van der Waals surface area contributed by atoms with Crippen molar-refractivity contribution in [2.24, 2.45) is 0 Å². The van der Waals surface area contributed by atoms with Gasteiger partial charge in [-0.1, -0.05) is 19.9 Å². The summed E-state index contributed by atoms with van der Waals surface area (Å²) in [6.45, 7) is 6.57. The fourth-order valence-electron chi connectivity index (χ4n) is 5.55. The van der Waals surface area contributed by atoms with Crippen LogP contribution in [-0.2, 0) is 0 Å². The van der Waals surface area contributed by atoms with Crippen molar-refractivity contribution in [1.82, 2.24) is 19.5 Å². The summed E-state index contributed by atoms with van der Waals surface area (Å²) in [4.78, 5) is 29.4. The number of aromatic nitrogens is 4. The Bertz CT molecular complexity index is 1630.